The maximum Gasteiger partial charge on any atom is 0.265 e. The van der Waals surface area contributed by atoms with Crippen molar-refractivity contribution in [3.05, 3.63) is 47.9 Å². The Morgan fingerprint density at radius 2 is 1.73 bits per heavy atom. The Balaban J connectivity index is 1.83. The summed E-state index contributed by atoms with van der Waals surface area (Å²) in [6.07, 6.45) is -6.15. The fraction of sp³-hybridized carbons (Fsp3) is 0.333. The molecule has 30 heavy (non-hydrogen) atoms. The second-order valence-electron chi connectivity index (χ2n) is 6.91. The highest BCUT2D eigenvalue weighted by atomic mass is 16.4. The molecule has 0 aliphatic carbocycles. The quantitative estimate of drug-likeness (QED) is 0.247. The van der Waals surface area contributed by atoms with Crippen LogP contribution in [0.2, 0.25) is 0 Å². The van der Waals surface area contributed by atoms with Crippen molar-refractivity contribution >= 4 is 24.0 Å². The Morgan fingerprint density at radius 3 is 2.37 bits per heavy atom. The molecule has 0 spiro atoms. The van der Waals surface area contributed by atoms with E-state index in [9.17, 15) is 30.0 Å². The van der Waals surface area contributed by atoms with Crippen LogP contribution in [-0.2, 0) is 21.7 Å². The average Bonchev–Trinajstić information content (AvgIpc) is 3.23. The maximum absolute atomic E-state index is 12.7. The number of nitrogens with one attached hydrogen (secondary N) is 1. The average molecular weight is 418 g/mol. The van der Waals surface area contributed by atoms with Crippen LogP contribution in [0.25, 0.3) is 0 Å². The summed E-state index contributed by atoms with van der Waals surface area (Å²) in [6, 6.07) is 9.28. The summed E-state index contributed by atoms with van der Waals surface area (Å²) >= 11 is 0. The van der Waals surface area contributed by atoms with Gasteiger partial charge in [0.2, 0.25) is 5.91 Å². The molecule has 0 fully saturated rings. The van der Waals surface area contributed by atoms with E-state index in [0.29, 0.717) is 5.69 Å². The molecule has 0 saturated heterocycles. The molecule has 2 aromatic rings. The van der Waals surface area contributed by atoms with Gasteiger partial charge in [0.05, 0.1) is 6.33 Å². The van der Waals surface area contributed by atoms with Crippen molar-refractivity contribution in [2.75, 3.05) is 4.90 Å². The summed E-state index contributed by atoms with van der Waals surface area (Å²) in [5.74, 6) is -2.40. The molecular weight excluding hydrogens is 396 g/mol. The van der Waals surface area contributed by atoms with Gasteiger partial charge in [-0.15, -0.1) is 0 Å². The number of aliphatic hydroxyl groups excluding tert-OH is 4. The van der Waals surface area contributed by atoms with Crippen LogP contribution < -0.4 is 16.4 Å². The number of nitrogens with zero attached hydrogens (tertiary/aromatic N) is 3. The lowest BCUT2D eigenvalue weighted by Crippen LogP contribution is -2.55. The van der Waals surface area contributed by atoms with Gasteiger partial charge in [-0.3, -0.25) is 14.5 Å². The van der Waals surface area contributed by atoms with E-state index in [1.807, 2.05) is 30.3 Å². The molecule has 0 saturated carbocycles. The van der Waals surface area contributed by atoms with Crippen molar-refractivity contribution in [1.29, 1.82) is 0 Å². The molecule has 1 aliphatic heterocycles. The molecule has 1 aromatic carbocycles. The molecule has 5 atom stereocenters. The summed E-state index contributed by atoms with van der Waals surface area (Å²) in [5, 5.41) is 39.4. The minimum absolute atomic E-state index is 0.0459. The molecule has 2 heterocycles. The second kappa shape index (κ2) is 8.30. The van der Waals surface area contributed by atoms with Gasteiger partial charge in [0.15, 0.2) is 23.7 Å². The van der Waals surface area contributed by atoms with Gasteiger partial charge in [-0.2, -0.15) is 0 Å². The number of H-pyrrole nitrogens is 1. The lowest BCUT2D eigenvalue weighted by atomic mass is 9.96. The molecule has 0 radical (unpaired) electrons. The van der Waals surface area contributed by atoms with E-state index >= 15 is 0 Å². The van der Waals surface area contributed by atoms with E-state index in [0.717, 1.165) is 16.8 Å². The van der Waals surface area contributed by atoms with Crippen molar-refractivity contribution in [1.82, 2.24) is 9.97 Å². The number of hydrogen-bond acceptors (Lipinski definition) is 9. The predicted octanol–water partition coefficient (Wildman–Crippen LogP) is -2.93. The van der Waals surface area contributed by atoms with Crippen LogP contribution in [-0.4, -0.2) is 73.0 Å². The minimum Gasteiger partial charge on any atom is -0.387 e. The normalized spacial score (nSPS) is 22.1. The Kier molecular flexibility index (Phi) is 5.96. The van der Waals surface area contributed by atoms with E-state index in [1.54, 1.807) is 0 Å². The first-order valence-electron chi connectivity index (χ1n) is 8.92. The Hall–Kier alpha value is -3.16. The molecule has 160 valence electrons. The lowest BCUT2D eigenvalue weighted by molar-refractivity contribution is -0.152. The number of fused-ring (bicyclic) bond motifs is 1. The number of primary amides is 1. The molecule has 1 aliphatic rings. The monoisotopic (exact) mass is 418 g/mol. The molecule has 9 N–H and O–H groups in total. The van der Waals surface area contributed by atoms with Gasteiger partial charge in [-0.25, -0.2) is 9.98 Å². The number of imidazole rings is 1. The first-order chi connectivity index (χ1) is 14.2. The van der Waals surface area contributed by atoms with Crippen molar-refractivity contribution in [3.8, 4) is 0 Å². The molecule has 1 aromatic heterocycles. The molecule has 1 unspecified atom stereocenters. The number of carbonyl (C=O) groups excluding carboxylic acids is 2. The molecule has 3 rings (SSSR count). The summed E-state index contributed by atoms with van der Waals surface area (Å²) in [4.78, 5) is 35.6. The Labute approximate surface area is 170 Å². The van der Waals surface area contributed by atoms with E-state index in [1.165, 1.54) is 6.33 Å². The number of aromatic amines is 1. The standard InChI is InChI=1S/C18H22N6O6/c19-15(29)12(27)10(25)11(26)13(28)17(30)24-8-23-18(20,14-16(24)22-7-21-14)6-9-4-2-1-3-5-9/h1-5,7-8,10-13,25-28H,6,20H2,(H2,19,29)(H,21,22)/t10-,11-,12-,13+,18?/m0/s1. The van der Waals surface area contributed by atoms with Crippen LogP contribution in [0.3, 0.4) is 0 Å². The van der Waals surface area contributed by atoms with Crippen molar-refractivity contribution in [2.24, 2.45) is 16.5 Å². The first-order valence-corrected chi connectivity index (χ1v) is 8.92. The SMILES string of the molecule is NC(=O)[C@@H](O)[C@@H](O)[C@H](O)[C@@H](O)C(=O)N1C=NC(N)(Cc2ccccc2)c2[nH]cnc21. The van der Waals surface area contributed by atoms with Gasteiger partial charge in [0, 0.05) is 6.42 Å². The number of carbonyl (C=O) groups is 2. The van der Waals surface area contributed by atoms with Gasteiger partial charge in [0.1, 0.15) is 24.2 Å². The van der Waals surface area contributed by atoms with Crippen molar-refractivity contribution in [3.63, 3.8) is 0 Å². The zero-order chi connectivity index (χ0) is 22.1. The van der Waals surface area contributed by atoms with Gasteiger partial charge >= 0.3 is 0 Å². The highest BCUT2D eigenvalue weighted by molar-refractivity contribution is 6.11. The smallest absolute Gasteiger partial charge is 0.265 e. The van der Waals surface area contributed by atoms with Gasteiger partial charge in [-0.1, -0.05) is 30.3 Å². The maximum atomic E-state index is 12.7. The Bertz CT molecular complexity index is 950. The third-order valence-electron chi connectivity index (χ3n) is 4.78. The zero-order valence-electron chi connectivity index (χ0n) is 15.7. The summed E-state index contributed by atoms with van der Waals surface area (Å²) in [6.45, 7) is 0. The molecular formula is C18H22N6O6. The number of hydrogen-bond donors (Lipinski definition) is 7. The third-order valence-corrected chi connectivity index (χ3v) is 4.78. The topological polar surface area (TPSA) is 211 Å². The first kappa shape index (κ1) is 21.5. The van der Waals surface area contributed by atoms with E-state index in [2.05, 4.69) is 15.0 Å². The zero-order valence-corrected chi connectivity index (χ0v) is 15.7. The predicted molar refractivity (Wildman–Crippen MR) is 104 cm³/mol. The fourth-order valence-corrected chi connectivity index (χ4v) is 3.10. The number of anilines is 1. The molecule has 12 heteroatoms. The van der Waals surface area contributed by atoms with Crippen molar-refractivity contribution in [2.45, 2.75) is 36.5 Å². The highest BCUT2D eigenvalue weighted by Gasteiger charge is 2.43. The molecule has 0 bridgehead atoms. The van der Waals surface area contributed by atoms with Crippen LogP contribution in [0, 0.1) is 0 Å². The summed E-state index contributed by atoms with van der Waals surface area (Å²) in [5.41, 5.74) is 11.2. The van der Waals surface area contributed by atoms with Crippen molar-refractivity contribution < 1.29 is 30.0 Å². The van der Waals surface area contributed by atoms with E-state index in [-0.39, 0.29) is 12.2 Å². The summed E-state index contributed by atoms with van der Waals surface area (Å²) < 4.78 is 0. The van der Waals surface area contributed by atoms with Gasteiger partial charge in [0.25, 0.3) is 5.91 Å². The number of nitrogens with two attached hydrogens (primary N) is 2. The van der Waals surface area contributed by atoms with Gasteiger partial charge in [-0.05, 0) is 5.56 Å². The number of aliphatic imine (C=N–C) groups is 1. The van der Waals surface area contributed by atoms with Crippen LogP contribution in [0.1, 0.15) is 11.3 Å². The number of aliphatic hydroxyl groups is 4. The van der Waals surface area contributed by atoms with Crippen LogP contribution in [0.5, 0.6) is 0 Å². The number of benzene rings is 1. The fourth-order valence-electron chi connectivity index (χ4n) is 3.10. The highest BCUT2D eigenvalue weighted by Crippen LogP contribution is 2.33. The lowest BCUT2D eigenvalue weighted by Gasteiger charge is -2.33. The number of rotatable bonds is 7. The van der Waals surface area contributed by atoms with Gasteiger partial charge < -0.3 is 36.9 Å². The number of aromatic nitrogens is 2. The molecule has 2 amide bonds. The number of amides is 2. The van der Waals surface area contributed by atoms with Crippen LogP contribution in [0.15, 0.2) is 41.7 Å². The van der Waals surface area contributed by atoms with E-state index in [4.69, 9.17) is 11.5 Å². The molecule has 12 nitrogen and oxygen atoms in total. The van der Waals surface area contributed by atoms with E-state index < -0.39 is 41.9 Å². The van der Waals surface area contributed by atoms with Crippen LogP contribution in [0.4, 0.5) is 5.82 Å². The minimum atomic E-state index is -2.22. The van der Waals surface area contributed by atoms with Crippen LogP contribution >= 0.6 is 0 Å². The Morgan fingerprint density at radius 1 is 1.10 bits per heavy atom. The third kappa shape index (κ3) is 3.94. The largest absolute Gasteiger partial charge is 0.387 e. The summed E-state index contributed by atoms with van der Waals surface area (Å²) in [7, 11) is 0. The second-order valence-corrected chi connectivity index (χ2v) is 6.91.